The summed E-state index contributed by atoms with van der Waals surface area (Å²) in [5, 5.41) is 2.61. The summed E-state index contributed by atoms with van der Waals surface area (Å²) in [6.45, 7) is 2.90. The number of carbonyl (C=O) groups is 1. The molecule has 22 heavy (non-hydrogen) atoms. The Balaban J connectivity index is 1.92. The van der Waals surface area contributed by atoms with Gasteiger partial charge in [0, 0.05) is 25.4 Å². The first-order chi connectivity index (χ1) is 10.7. The predicted octanol–water partition coefficient (Wildman–Crippen LogP) is 1.88. The number of anilines is 1. The van der Waals surface area contributed by atoms with Crippen molar-refractivity contribution in [2.45, 2.75) is 25.8 Å². The molecule has 0 radical (unpaired) electrons. The number of nitrogens with one attached hydrogen (secondary N) is 1. The number of amides is 1. The van der Waals surface area contributed by atoms with Crippen LogP contribution in [0.3, 0.4) is 0 Å². The summed E-state index contributed by atoms with van der Waals surface area (Å²) in [6, 6.07) is 7.73. The van der Waals surface area contributed by atoms with Gasteiger partial charge in [0.05, 0.1) is 11.7 Å². The standard InChI is InChI=1S/C16H19N5O/c1-11-9-15(19-10-18-11)21-8-4-7-14(21)12-5-3-6-13(20-12)16(22)17-2/h3,5-6,9-10,14H,4,7-8H2,1-2H3,(H,17,22). The summed E-state index contributed by atoms with van der Waals surface area (Å²) in [6.07, 6.45) is 3.68. The number of rotatable bonds is 3. The van der Waals surface area contributed by atoms with Gasteiger partial charge in [-0.05, 0) is 31.9 Å². The van der Waals surface area contributed by atoms with Crippen LogP contribution in [0.2, 0.25) is 0 Å². The number of carbonyl (C=O) groups excluding carboxylic acids is 1. The zero-order valence-corrected chi connectivity index (χ0v) is 12.8. The van der Waals surface area contributed by atoms with Gasteiger partial charge >= 0.3 is 0 Å². The molecule has 1 aliphatic rings. The van der Waals surface area contributed by atoms with Crippen LogP contribution < -0.4 is 10.2 Å². The third kappa shape index (κ3) is 2.77. The Hall–Kier alpha value is -2.50. The molecule has 3 rings (SSSR count). The second-order valence-corrected chi connectivity index (χ2v) is 5.40. The van der Waals surface area contributed by atoms with Crippen LogP contribution in [0.15, 0.2) is 30.6 Å². The van der Waals surface area contributed by atoms with Crippen LogP contribution in [-0.4, -0.2) is 34.5 Å². The van der Waals surface area contributed by atoms with Crippen LogP contribution in [0, 0.1) is 6.92 Å². The van der Waals surface area contributed by atoms with E-state index in [4.69, 9.17) is 0 Å². The lowest BCUT2D eigenvalue weighted by atomic mass is 10.1. The van der Waals surface area contributed by atoms with Crippen molar-refractivity contribution in [3.8, 4) is 0 Å². The van der Waals surface area contributed by atoms with E-state index in [1.54, 1.807) is 19.4 Å². The maximum Gasteiger partial charge on any atom is 0.269 e. The van der Waals surface area contributed by atoms with Gasteiger partial charge in [0.25, 0.3) is 5.91 Å². The molecular formula is C16H19N5O. The van der Waals surface area contributed by atoms with E-state index in [2.05, 4.69) is 25.2 Å². The summed E-state index contributed by atoms with van der Waals surface area (Å²) in [7, 11) is 1.61. The summed E-state index contributed by atoms with van der Waals surface area (Å²) in [5.74, 6) is 0.756. The number of pyridine rings is 1. The third-order valence-electron chi connectivity index (χ3n) is 3.91. The van der Waals surface area contributed by atoms with Crippen molar-refractivity contribution in [2.24, 2.45) is 0 Å². The smallest absolute Gasteiger partial charge is 0.269 e. The molecule has 1 unspecified atom stereocenters. The van der Waals surface area contributed by atoms with Gasteiger partial charge in [-0.25, -0.2) is 15.0 Å². The highest BCUT2D eigenvalue weighted by molar-refractivity contribution is 5.92. The van der Waals surface area contributed by atoms with Crippen LogP contribution in [0.5, 0.6) is 0 Å². The van der Waals surface area contributed by atoms with E-state index < -0.39 is 0 Å². The third-order valence-corrected chi connectivity index (χ3v) is 3.91. The minimum atomic E-state index is -0.163. The maximum atomic E-state index is 11.8. The van der Waals surface area contributed by atoms with Crippen molar-refractivity contribution < 1.29 is 4.79 Å². The molecule has 6 heteroatoms. The first-order valence-corrected chi connectivity index (χ1v) is 7.43. The second kappa shape index (κ2) is 6.09. The molecule has 114 valence electrons. The highest BCUT2D eigenvalue weighted by atomic mass is 16.1. The SMILES string of the molecule is CNC(=O)c1cccc(C2CCCN2c2cc(C)ncn2)n1. The molecule has 0 aliphatic carbocycles. The molecule has 0 aromatic carbocycles. The van der Waals surface area contributed by atoms with E-state index in [1.807, 2.05) is 25.1 Å². The van der Waals surface area contributed by atoms with Crippen molar-refractivity contribution in [2.75, 3.05) is 18.5 Å². The van der Waals surface area contributed by atoms with Gasteiger partial charge in [-0.3, -0.25) is 4.79 Å². The van der Waals surface area contributed by atoms with E-state index in [0.717, 1.165) is 36.6 Å². The summed E-state index contributed by atoms with van der Waals surface area (Å²) in [5.41, 5.74) is 2.31. The van der Waals surface area contributed by atoms with Crippen LogP contribution in [0.25, 0.3) is 0 Å². The average Bonchev–Trinajstić information content (AvgIpc) is 3.04. The first-order valence-electron chi connectivity index (χ1n) is 7.43. The molecule has 1 saturated heterocycles. The molecule has 1 fully saturated rings. The second-order valence-electron chi connectivity index (χ2n) is 5.40. The Labute approximate surface area is 129 Å². The lowest BCUT2D eigenvalue weighted by molar-refractivity contribution is 0.0958. The highest BCUT2D eigenvalue weighted by Gasteiger charge is 2.28. The van der Waals surface area contributed by atoms with Crippen molar-refractivity contribution in [1.29, 1.82) is 0 Å². The lowest BCUT2D eigenvalue weighted by Crippen LogP contribution is -2.26. The number of hydrogen-bond acceptors (Lipinski definition) is 5. The Morgan fingerprint density at radius 2 is 2.23 bits per heavy atom. The average molecular weight is 297 g/mol. The van der Waals surface area contributed by atoms with Crippen LogP contribution in [0.4, 0.5) is 5.82 Å². The van der Waals surface area contributed by atoms with E-state index in [-0.39, 0.29) is 11.9 Å². The monoisotopic (exact) mass is 297 g/mol. The molecule has 1 atom stereocenters. The first kappa shape index (κ1) is 14.4. The van der Waals surface area contributed by atoms with Crippen LogP contribution in [-0.2, 0) is 0 Å². The fourth-order valence-corrected chi connectivity index (χ4v) is 2.84. The van der Waals surface area contributed by atoms with Crippen molar-refractivity contribution >= 4 is 11.7 Å². The minimum Gasteiger partial charge on any atom is -0.354 e. The predicted molar refractivity (Wildman–Crippen MR) is 83.7 cm³/mol. The summed E-state index contributed by atoms with van der Waals surface area (Å²) >= 11 is 0. The van der Waals surface area contributed by atoms with Gasteiger partial charge in [-0.15, -0.1) is 0 Å². The van der Waals surface area contributed by atoms with E-state index in [9.17, 15) is 4.79 Å². The molecule has 1 aliphatic heterocycles. The number of nitrogens with zero attached hydrogens (tertiary/aromatic N) is 4. The Morgan fingerprint density at radius 3 is 3.00 bits per heavy atom. The number of aromatic nitrogens is 3. The van der Waals surface area contributed by atoms with Crippen molar-refractivity contribution in [3.63, 3.8) is 0 Å². The van der Waals surface area contributed by atoms with Gasteiger partial charge in [-0.2, -0.15) is 0 Å². The molecular weight excluding hydrogens is 278 g/mol. The molecule has 2 aromatic heterocycles. The molecule has 1 amide bonds. The normalized spacial score (nSPS) is 17.5. The van der Waals surface area contributed by atoms with Gasteiger partial charge < -0.3 is 10.2 Å². The summed E-state index contributed by atoms with van der Waals surface area (Å²) in [4.78, 5) is 27.1. The summed E-state index contributed by atoms with van der Waals surface area (Å²) < 4.78 is 0. The minimum absolute atomic E-state index is 0.152. The highest BCUT2D eigenvalue weighted by Crippen LogP contribution is 2.34. The van der Waals surface area contributed by atoms with Crippen molar-refractivity contribution in [1.82, 2.24) is 20.3 Å². The van der Waals surface area contributed by atoms with E-state index in [1.165, 1.54) is 0 Å². The van der Waals surface area contributed by atoms with Gasteiger partial charge in [0.1, 0.15) is 17.8 Å². The zero-order valence-electron chi connectivity index (χ0n) is 12.8. The molecule has 2 aromatic rings. The quantitative estimate of drug-likeness (QED) is 0.936. The molecule has 3 heterocycles. The topological polar surface area (TPSA) is 71.0 Å². The number of aryl methyl sites for hydroxylation is 1. The molecule has 0 spiro atoms. The molecule has 0 bridgehead atoms. The van der Waals surface area contributed by atoms with Crippen molar-refractivity contribution in [3.05, 3.63) is 47.7 Å². The molecule has 0 saturated carbocycles. The van der Waals surface area contributed by atoms with Crippen LogP contribution >= 0.6 is 0 Å². The zero-order chi connectivity index (χ0) is 15.5. The van der Waals surface area contributed by atoms with Gasteiger partial charge in [-0.1, -0.05) is 6.07 Å². The van der Waals surface area contributed by atoms with Gasteiger partial charge in [0.2, 0.25) is 0 Å². The van der Waals surface area contributed by atoms with Gasteiger partial charge in [0.15, 0.2) is 0 Å². The van der Waals surface area contributed by atoms with E-state index >= 15 is 0 Å². The molecule has 1 N–H and O–H groups in total. The van der Waals surface area contributed by atoms with E-state index in [0.29, 0.717) is 5.69 Å². The maximum absolute atomic E-state index is 11.8. The fraction of sp³-hybridized carbons (Fsp3) is 0.375. The Bertz CT molecular complexity index is 688. The Kier molecular flexibility index (Phi) is 4.00. The number of hydrogen-bond donors (Lipinski definition) is 1. The fourth-order valence-electron chi connectivity index (χ4n) is 2.84. The molecule has 6 nitrogen and oxygen atoms in total. The largest absolute Gasteiger partial charge is 0.354 e. The Morgan fingerprint density at radius 1 is 1.36 bits per heavy atom. The lowest BCUT2D eigenvalue weighted by Gasteiger charge is -2.25. The van der Waals surface area contributed by atoms with Crippen LogP contribution in [0.1, 0.15) is 40.8 Å².